The Morgan fingerprint density at radius 1 is 1.33 bits per heavy atom. The standard InChI is InChI=1S/C17H24N4O.2ClH/c1-20(17(22)13-7-5-6-12(13)10-18)11-16-19-14-8-3-4-9-15(14)21(16)2;;/h3-4,8-9,12-13H,5-7,10-11,18H2,1-2H3;2*1H/t12-,13-;;/m1../s1. The van der Waals surface area contributed by atoms with Crippen molar-refractivity contribution >= 4 is 41.8 Å². The van der Waals surface area contributed by atoms with Crippen molar-refractivity contribution < 1.29 is 4.79 Å². The molecule has 1 aromatic carbocycles. The zero-order chi connectivity index (χ0) is 15.7. The number of halogens is 2. The highest BCUT2D eigenvalue weighted by molar-refractivity contribution is 5.85. The summed E-state index contributed by atoms with van der Waals surface area (Å²) in [4.78, 5) is 19.1. The van der Waals surface area contributed by atoms with Crippen LogP contribution < -0.4 is 5.73 Å². The van der Waals surface area contributed by atoms with Crippen LogP contribution in [0.25, 0.3) is 11.0 Å². The molecule has 1 aliphatic carbocycles. The number of aromatic nitrogens is 2. The van der Waals surface area contributed by atoms with E-state index < -0.39 is 0 Å². The van der Waals surface area contributed by atoms with Crippen molar-refractivity contribution in [3.63, 3.8) is 0 Å². The fraction of sp³-hybridized carbons (Fsp3) is 0.529. The third kappa shape index (κ3) is 3.85. The van der Waals surface area contributed by atoms with Crippen LogP contribution in [0.15, 0.2) is 24.3 Å². The van der Waals surface area contributed by atoms with Gasteiger partial charge in [0.1, 0.15) is 5.82 Å². The Morgan fingerprint density at radius 3 is 2.71 bits per heavy atom. The summed E-state index contributed by atoms with van der Waals surface area (Å²) in [6, 6.07) is 8.04. The van der Waals surface area contributed by atoms with E-state index in [9.17, 15) is 4.79 Å². The summed E-state index contributed by atoms with van der Waals surface area (Å²) in [5, 5.41) is 0. The van der Waals surface area contributed by atoms with Gasteiger partial charge in [-0.25, -0.2) is 4.98 Å². The molecule has 3 rings (SSSR count). The SMILES string of the molecule is CN(Cc1nc2ccccc2n1C)C(=O)[C@@H]1CCC[C@@H]1CN.Cl.Cl. The first-order valence-electron chi connectivity index (χ1n) is 7.97. The molecule has 5 nitrogen and oxygen atoms in total. The van der Waals surface area contributed by atoms with E-state index >= 15 is 0 Å². The van der Waals surface area contributed by atoms with Gasteiger partial charge in [0.05, 0.1) is 17.6 Å². The topological polar surface area (TPSA) is 64.2 Å². The van der Waals surface area contributed by atoms with Crippen LogP contribution in [0.4, 0.5) is 0 Å². The van der Waals surface area contributed by atoms with Gasteiger partial charge in [-0.05, 0) is 37.4 Å². The Hall–Kier alpha value is -1.30. The van der Waals surface area contributed by atoms with Gasteiger partial charge in [0.2, 0.25) is 5.91 Å². The minimum atomic E-state index is 0. The van der Waals surface area contributed by atoms with E-state index in [0.717, 1.165) is 36.1 Å². The summed E-state index contributed by atoms with van der Waals surface area (Å²) < 4.78 is 2.06. The second kappa shape index (κ2) is 8.70. The maximum atomic E-state index is 12.7. The van der Waals surface area contributed by atoms with E-state index in [1.165, 1.54) is 0 Å². The van der Waals surface area contributed by atoms with Gasteiger partial charge in [0.15, 0.2) is 0 Å². The molecule has 2 aromatic rings. The van der Waals surface area contributed by atoms with E-state index in [0.29, 0.717) is 19.0 Å². The number of hydrogen-bond donors (Lipinski definition) is 1. The van der Waals surface area contributed by atoms with Gasteiger partial charge in [0.25, 0.3) is 0 Å². The molecule has 0 aliphatic heterocycles. The number of hydrogen-bond acceptors (Lipinski definition) is 3. The summed E-state index contributed by atoms with van der Waals surface area (Å²) in [7, 11) is 3.87. The smallest absolute Gasteiger partial charge is 0.226 e. The summed E-state index contributed by atoms with van der Waals surface area (Å²) in [6.45, 7) is 1.15. The molecular formula is C17H26Cl2N4O. The number of imidazole rings is 1. The molecule has 1 aromatic heterocycles. The normalized spacial score (nSPS) is 19.6. The predicted molar refractivity (Wildman–Crippen MR) is 102 cm³/mol. The molecule has 0 spiro atoms. The molecule has 1 aliphatic rings. The first-order chi connectivity index (χ1) is 10.6. The molecule has 1 saturated carbocycles. The lowest BCUT2D eigenvalue weighted by molar-refractivity contribution is -0.135. The lowest BCUT2D eigenvalue weighted by Crippen LogP contribution is -2.36. The van der Waals surface area contributed by atoms with Crippen LogP contribution in [0.3, 0.4) is 0 Å². The Morgan fingerprint density at radius 2 is 2.04 bits per heavy atom. The highest BCUT2D eigenvalue weighted by Gasteiger charge is 2.33. The Labute approximate surface area is 155 Å². The van der Waals surface area contributed by atoms with Gasteiger partial charge in [-0.3, -0.25) is 4.79 Å². The second-order valence-corrected chi connectivity index (χ2v) is 6.30. The van der Waals surface area contributed by atoms with Crippen molar-refractivity contribution in [1.29, 1.82) is 0 Å². The third-order valence-corrected chi connectivity index (χ3v) is 4.91. The van der Waals surface area contributed by atoms with Gasteiger partial charge in [-0.15, -0.1) is 24.8 Å². The second-order valence-electron chi connectivity index (χ2n) is 6.30. The lowest BCUT2D eigenvalue weighted by atomic mass is 9.95. The Balaban J connectivity index is 0.00000144. The zero-order valence-corrected chi connectivity index (χ0v) is 15.8. The van der Waals surface area contributed by atoms with E-state index in [1.54, 1.807) is 4.90 Å². The van der Waals surface area contributed by atoms with Gasteiger partial charge in [-0.2, -0.15) is 0 Å². The summed E-state index contributed by atoms with van der Waals surface area (Å²) >= 11 is 0. The number of benzene rings is 1. The molecule has 24 heavy (non-hydrogen) atoms. The number of nitrogens with two attached hydrogens (primary N) is 1. The van der Waals surface area contributed by atoms with Crippen molar-refractivity contribution in [2.24, 2.45) is 24.6 Å². The van der Waals surface area contributed by atoms with Crippen LogP contribution in [-0.4, -0.2) is 34.0 Å². The molecule has 2 N–H and O–H groups in total. The molecule has 0 bridgehead atoms. The quantitative estimate of drug-likeness (QED) is 0.896. The minimum absolute atomic E-state index is 0. The molecule has 1 heterocycles. The Bertz CT molecular complexity index is 688. The molecule has 1 amide bonds. The van der Waals surface area contributed by atoms with Crippen LogP contribution in [0.5, 0.6) is 0 Å². The van der Waals surface area contributed by atoms with Crippen LogP contribution >= 0.6 is 24.8 Å². The first-order valence-corrected chi connectivity index (χ1v) is 7.97. The van der Waals surface area contributed by atoms with Gasteiger partial charge in [0, 0.05) is 20.0 Å². The zero-order valence-electron chi connectivity index (χ0n) is 14.1. The van der Waals surface area contributed by atoms with E-state index in [4.69, 9.17) is 5.73 Å². The fourth-order valence-corrected chi connectivity index (χ4v) is 3.55. The summed E-state index contributed by atoms with van der Waals surface area (Å²) in [5.41, 5.74) is 7.87. The molecule has 0 unspecified atom stereocenters. The summed E-state index contributed by atoms with van der Waals surface area (Å²) in [5.74, 6) is 1.56. The average Bonchev–Trinajstić information content (AvgIpc) is 3.12. The van der Waals surface area contributed by atoms with E-state index in [1.807, 2.05) is 32.3 Å². The highest BCUT2D eigenvalue weighted by atomic mass is 35.5. The van der Waals surface area contributed by atoms with Crippen molar-refractivity contribution in [3.8, 4) is 0 Å². The number of fused-ring (bicyclic) bond motifs is 1. The fourth-order valence-electron chi connectivity index (χ4n) is 3.55. The van der Waals surface area contributed by atoms with Crippen LogP contribution in [0, 0.1) is 11.8 Å². The monoisotopic (exact) mass is 372 g/mol. The van der Waals surface area contributed by atoms with E-state index in [-0.39, 0.29) is 36.6 Å². The molecule has 0 radical (unpaired) electrons. The number of amides is 1. The third-order valence-electron chi connectivity index (χ3n) is 4.91. The van der Waals surface area contributed by atoms with Gasteiger partial charge >= 0.3 is 0 Å². The van der Waals surface area contributed by atoms with Crippen LogP contribution in [0.1, 0.15) is 25.1 Å². The van der Waals surface area contributed by atoms with Crippen molar-refractivity contribution in [2.75, 3.05) is 13.6 Å². The first kappa shape index (κ1) is 20.7. The maximum Gasteiger partial charge on any atom is 0.226 e. The number of rotatable bonds is 4. The average molecular weight is 373 g/mol. The molecule has 2 atom stereocenters. The van der Waals surface area contributed by atoms with E-state index in [2.05, 4.69) is 15.6 Å². The lowest BCUT2D eigenvalue weighted by Gasteiger charge is -2.24. The Kier molecular flexibility index (Phi) is 7.52. The number of para-hydroxylation sites is 2. The number of carbonyl (C=O) groups is 1. The van der Waals surface area contributed by atoms with Gasteiger partial charge in [-0.1, -0.05) is 18.6 Å². The molecule has 7 heteroatoms. The molecule has 134 valence electrons. The largest absolute Gasteiger partial charge is 0.338 e. The van der Waals surface area contributed by atoms with Crippen molar-refractivity contribution in [3.05, 3.63) is 30.1 Å². The summed E-state index contributed by atoms with van der Waals surface area (Å²) in [6.07, 6.45) is 3.15. The van der Waals surface area contributed by atoms with Crippen molar-refractivity contribution in [2.45, 2.75) is 25.8 Å². The number of nitrogens with zero attached hydrogens (tertiary/aromatic N) is 3. The maximum absolute atomic E-state index is 12.7. The molecule has 0 saturated heterocycles. The van der Waals surface area contributed by atoms with Crippen LogP contribution in [-0.2, 0) is 18.4 Å². The molecular weight excluding hydrogens is 347 g/mol. The predicted octanol–water partition coefficient (Wildman–Crippen LogP) is 2.75. The minimum Gasteiger partial charge on any atom is -0.338 e. The van der Waals surface area contributed by atoms with Gasteiger partial charge < -0.3 is 15.2 Å². The molecule has 1 fully saturated rings. The number of aryl methyl sites for hydroxylation is 1. The highest BCUT2D eigenvalue weighted by Crippen LogP contribution is 2.32. The van der Waals surface area contributed by atoms with Crippen LogP contribution in [0.2, 0.25) is 0 Å². The van der Waals surface area contributed by atoms with Crippen molar-refractivity contribution in [1.82, 2.24) is 14.5 Å². The number of carbonyl (C=O) groups excluding carboxylic acids is 1.